The Labute approximate surface area is 185 Å². The first-order valence-electron chi connectivity index (χ1n) is 10.5. The van der Waals surface area contributed by atoms with Gasteiger partial charge in [-0.15, -0.1) is 0 Å². The molecule has 0 fully saturated rings. The van der Waals surface area contributed by atoms with E-state index in [4.69, 9.17) is 22.1 Å². The minimum absolute atomic E-state index is 0.197. The number of benzene rings is 1. The number of thiol groups is 1. The monoisotopic (exact) mass is 418 g/mol. The fourth-order valence-electron chi connectivity index (χ4n) is 4.20. The van der Waals surface area contributed by atoms with Gasteiger partial charge >= 0.3 is 0 Å². The zero-order chi connectivity index (χ0) is 21.4. The van der Waals surface area contributed by atoms with Crippen LogP contribution in [0.1, 0.15) is 30.9 Å². The molecule has 1 aromatic rings. The number of hydrogen-bond acceptors (Lipinski definition) is 3. The normalized spacial score (nSPS) is 32.9. The molecule has 3 heteroatoms. The van der Waals surface area contributed by atoms with Gasteiger partial charge in [0.05, 0.1) is 6.61 Å². The fourth-order valence-corrected chi connectivity index (χ4v) is 4.36. The van der Waals surface area contributed by atoms with Crippen LogP contribution >= 0.6 is 12.6 Å². The fraction of sp³-hybridized carbons (Fsp3) is 0.333. The number of ether oxygens (including phenoxy) is 2. The highest BCUT2D eigenvalue weighted by Gasteiger charge is 2.36. The number of methoxy groups -OCH3 is 1. The van der Waals surface area contributed by atoms with Gasteiger partial charge in [0.1, 0.15) is 11.4 Å². The lowest BCUT2D eigenvalue weighted by Crippen LogP contribution is -2.27. The molecule has 3 aliphatic rings. The Balaban J connectivity index is 1.81. The molecule has 156 valence electrons. The summed E-state index contributed by atoms with van der Waals surface area (Å²) in [5.74, 6) is 1.34. The van der Waals surface area contributed by atoms with Crippen molar-refractivity contribution in [2.24, 2.45) is 5.92 Å². The quantitative estimate of drug-likeness (QED) is 0.585. The highest BCUT2D eigenvalue weighted by atomic mass is 32.1. The summed E-state index contributed by atoms with van der Waals surface area (Å²) in [6.45, 7) is 6.92. The van der Waals surface area contributed by atoms with Crippen molar-refractivity contribution in [2.75, 3.05) is 13.7 Å². The average Bonchev–Trinajstić information content (AvgIpc) is 3.02. The Morgan fingerprint density at radius 2 is 1.73 bits per heavy atom. The minimum atomic E-state index is -0.438. The Hall–Kier alpha value is -2.23. The SMILES string of the molecule is COC1(C)C=CC2=C(C=C1)C(c1ccc(C)cc1)C(C1=CC=CC(C)(S)C=C1)CO2. The molecule has 4 rings (SSSR count). The van der Waals surface area contributed by atoms with Crippen LogP contribution in [0, 0.1) is 12.8 Å². The van der Waals surface area contributed by atoms with E-state index in [0.29, 0.717) is 6.61 Å². The van der Waals surface area contributed by atoms with Crippen LogP contribution in [0.4, 0.5) is 0 Å². The molecule has 2 nitrogen and oxygen atoms in total. The largest absolute Gasteiger partial charge is 0.493 e. The predicted molar refractivity (Wildman–Crippen MR) is 128 cm³/mol. The van der Waals surface area contributed by atoms with Crippen LogP contribution in [-0.2, 0) is 9.47 Å². The van der Waals surface area contributed by atoms with Crippen molar-refractivity contribution in [1.82, 2.24) is 0 Å². The third kappa shape index (κ3) is 4.28. The van der Waals surface area contributed by atoms with Gasteiger partial charge in [0.2, 0.25) is 0 Å². The zero-order valence-corrected chi connectivity index (χ0v) is 19.0. The summed E-state index contributed by atoms with van der Waals surface area (Å²) in [4.78, 5) is 0. The van der Waals surface area contributed by atoms with E-state index in [1.807, 2.05) is 0 Å². The highest BCUT2D eigenvalue weighted by molar-refractivity contribution is 7.82. The van der Waals surface area contributed by atoms with E-state index in [1.165, 1.54) is 22.3 Å². The first-order valence-corrected chi connectivity index (χ1v) is 10.9. The molecule has 4 unspecified atom stereocenters. The summed E-state index contributed by atoms with van der Waals surface area (Å²) in [5.41, 5.74) is 4.59. The van der Waals surface area contributed by atoms with E-state index in [2.05, 4.69) is 99.7 Å². The summed E-state index contributed by atoms with van der Waals surface area (Å²) < 4.78 is 11.8. The summed E-state index contributed by atoms with van der Waals surface area (Å²) >= 11 is 4.73. The Morgan fingerprint density at radius 3 is 2.47 bits per heavy atom. The zero-order valence-electron chi connectivity index (χ0n) is 18.1. The molecule has 2 aliphatic carbocycles. The van der Waals surface area contributed by atoms with Crippen LogP contribution < -0.4 is 0 Å². The maximum Gasteiger partial charge on any atom is 0.122 e. The summed E-state index contributed by atoms with van der Waals surface area (Å²) in [6, 6.07) is 8.89. The molecule has 0 aromatic heterocycles. The first-order chi connectivity index (χ1) is 14.3. The van der Waals surface area contributed by atoms with Gasteiger partial charge in [0.25, 0.3) is 0 Å². The lowest BCUT2D eigenvalue weighted by molar-refractivity contribution is 0.0905. The molecule has 1 heterocycles. The van der Waals surface area contributed by atoms with Gasteiger partial charge in [-0.1, -0.05) is 66.3 Å². The van der Waals surface area contributed by atoms with E-state index in [9.17, 15) is 0 Å². The van der Waals surface area contributed by atoms with E-state index < -0.39 is 5.60 Å². The smallest absolute Gasteiger partial charge is 0.122 e. The van der Waals surface area contributed by atoms with Crippen molar-refractivity contribution in [3.63, 3.8) is 0 Å². The second kappa shape index (κ2) is 8.13. The second-order valence-corrected chi connectivity index (χ2v) is 9.73. The molecule has 0 N–H and O–H groups in total. The van der Waals surface area contributed by atoms with Gasteiger partial charge in [-0.05, 0) is 50.1 Å². The van der Waals surface area contributed by atoms with E-state index in [1.54, 1.807) is 7.11 Å². The number of rotatable bonds is 3. The average molecular weight is 419 g/mol. The predicted octanol–water partition coefficient (Wildman–Crippen LogP) is 6.25. The highest BCUT2D eigenvalue weighted by Crippen LogP contribution is 2.45. The van der Waals surface area contributed by atoms with Crippen LogP contribution in [0.2, 0.25) is 0 Å². The van der Waals surface area contributed by atoms with Crippen molar-refractivity contribution >= 4 is 12.6 Å². The van der Waals surface area contributed by atoms with Crippen molar-refractivity contribution in [3.8, 4) is 0 Å². The standard InChI is InChI=1S/C27H30O2S/c1-19-7-9-21(10-8-19)25-22-12-15-26(2,28-4)16-13-24(22)29-18-23(25)20-6-5-14-27(3,30)17-11-20/h5-17,23,25,30H,18H2,1-4H3. The lowest BCUT2D eigenvalue weighted by Gasteiger charge is -2.35. The molecule has 0 spiro atoms. The minimum Gasteiger partial charge on any atom is -0.493 e. The van der Waals surface area contributed by atoms with Gasteiger partial charge in [0.15, 0.2) is 0 Å². The first kappa shape index (κ1) is 21.0. The van der Waals surface area contributed by atoms with Gasteiger partial charge < -0.3 is 9.47 Å². The van der Waals surface area contributed by atoms with Crippen LogP contribution in [-0.4, -0.2) is 24.1 Å². The molecule has 30 heavy (non-hydrogen) atoms. The van der Waals surface area contributed by atoms with E-state index >= 15 is 0 Å². The topological polar surface area (TPSA) is 18.5 Å². The maximum atomic E-state index is 6.30. The van der Waals surface area contributed by atoms with Crippen LogP contribution in [0.3, 0.4) is 0 Å². The molecule has 1 aromatic carbocycles. The Bertz CT molecular complexity index is 988. The number of allylic oxidation sites excluding steroid dienone is 6. The van der Waals surface area contributed by atoms with Crippen LogP contribution in [0.25, 0.3) is 0 Å². The Kier molecular flexibility index (Phi) is 5.69. The summed E-state index contributed by atoms with van der Waals surface area (Å²) in [5, 5.41) is 0. The van der Waals surface area contributed by atoms with Gasteiger partial charge in [-0.2, -0.15) is 12.6 Å². The molecule has 0 saturated carbocycles. The van der Waals surface area contributed by atoms with Gasteiger partial charge in [0, 0.05) is 29.3 Å². The lowest BCUT2D eigenvalue weighted by atomic mass is 9.74. The number of hydrogen-bond donors (Lipinski definition) is 1. The molecule has 0 radical (unpaired) electrons. The molecular weight excluding hydrogens is 388 g/mol. The molecule has 0 saturated heterocycles. The molecule has 4 atom stereocenters. The summed E-state index contributed by atoms with van der Waals surface area (Å²) in [7, 11) is 1.74. The van der Waals surface area contributed by atoms with Crippen molar-refractivity contribution in [2.45, 2.75) is 37.0 Å². The molecule has 0 amide bonds. The second-order valence-electron chi connectivity index (χ2n) is 8.77. The Morgan fingerprint density at radius 1 is 1.00 bits per heavy atom. The van der Waals surface area contributed by atoms with Crippen LogP contribution in [0.15, 0.2) is 95.9 Å². The maximum absolute atomic E-state index is 6.30. The number of aryl methyl sites for hydroxylation is 1. The molecule has 1 aliphatic heterocycles. The van der Waals surface area contributed by atoms with Crippen molar-refractivity contribution in [1.29, 1.82) is 0 Å². The van der Waals surface area contributed by atoms with Crippen molar-refractivity contribution in [3.05, 3.63) is 107 Å². The van der Waals surface area contributed by atoms with E-state index in [-0.39, 0.29) is 16.6 Å². The molecular formula is C27H30O2S. The van der Waals surface area contributed by atoms with E-state index in [0.717, 1.165) is 5.76 Å². The van der Waals surface area contributed by atoms with Gasteiger partial charge in [-0.25, -0.2) is 0 Å². The third-order valence-corrected chi connectivity index (χ3v) is 6.54. The molecule has 0 bridgehead atoms. The summed E-state index contributed by atoms with van der Waals surface area (Å²) in [6.07, 6.45) is 19.3. The van der Waals surface area contributed by atoms with Gasteiger partial charge in [-0.3, -0.25) is 0 Å². The third-order valence-electron chi connectivity index (χ3n) is 6.24. The van der Waals surface area contributed by atoms with Crippen LogP contribution in [0.5, 0.6) is 0 Å². The van der Waals surface area contributed by atoms with Crippen molar-refractivity contribution < 1.29 is 9.47 Å².